The van der Waals surface area contributed by atoms with Gasteiger partial charge in [0.15, 0.2) is 16.9 Å². The minimum Gasteiger partial charge on any atom is -0.297 e. The van der Waals surface area contributed by atoms with Crippen molar-refractivity contribution in [3.63, 3.8) is 0 Å². The Morgan fingerprint density at radius 2 is 1.86 bits per heavy atom. The second-order valence-electron chi connectivity index (χ2n) is 6.07. The van der Waals surface area contributed by atoms with E-state index in [9.17, 15) is 10.1 Å². The zero-order valence-electron chi connectivity index (χ0n) is 15.2. The fourth-order valence-corrected chi connectivity index (χ4v) is 4.46. The van der Waals surface area contributed by atoms with Crippen molar-refractivity contribution in [3.8, 4) is 23.0 Å². The molecule has 0 spiro atoms. The molecule has 0 fully saturated rings. The first-order valence-electron chi connectivity index (χ1n) is 8.77. The Labute approximate surface area is 175 Å². The Hall–Kier alpha value is -3.28. The third kappa shape index (κ3) is 4.26. The number of carbonyl (C=O) groups excluding carboxylic acids is 1. The van der Waals surface area contributed by atoms with Gasteiger partial charge in [0.25, 0.3) is 0 Å². The van der Waals surface area contributed by atoms with Gasteiger partial charge in [-0.05, 0) is 12.1 Å². The number of aromatic nitrogens is 4. The van der Waals surface area contributed by atoms with Crippen LogP contribution in [-0.2, 0) is 4.79 Å². The Bertz CT molecular complexity index is 1150. The molecule has 0 radical (unpaired) electrons. The lowest BCUT2D eigenvalue weighted by molar-refractivity contribution is -0.116. The molecule has 2 heterocycles. The van der Waals surface area contributed by atoms with Crippen molar-refractivity contribution in [2.24, 2.45) is 0 Å². The number of ketones is 1. The molecule has 29 heavy (non-hydrogen) atoms. The standard InChI is InChI=1S/C21H15N5OS2/c22-11-17(20-24-18(12-28-20)15-7-3-1-4-8-15)19(27)13-29-21-25-23-14-26(21)16-9-5-2-6-10-16/h1-10,12,14,17H,13H2/t17-/m1/s1. The summed E-state index contributed by atoms with van der Waals surface area (Å²) in [5.41, 5.74) is 2.65. The van der Waals surface area contributed by atoms with E-state index in [0.29, 0.717) is 10.2 Å². The van der Waals surface area contributed by atoms with E-state index < -0.39 is 5.92 Å². The van der Waals surface area contributed by atoms with Crippen LogP contribution in [0.4, 0.5) is 0 Å². The number of carbonyl (C=O) groups is 1. The van der Waals surface area contributed by atoms with Gasteiger partial charge in [0.2, 0.25) is 0 Å². The molecule has 0 aliphatic rings. The molecule has 0 unspecified atom stereocenters. The fraction of sp³-hybridized carbons (Fsp3) is 0.0952. The quantitative estimate of drug-likeness (QED) is 0.416. The van der Waals surface area contributed by atoms with Gasteiger partial charge in [-0.3, -0.25) is 9.36 Å². The minimum absolute atomic E-state index is 0.115. The fourth-order valence-electron chi connectivity index (χ4n) is 2.73. The molecule has 0 bridgehead atoms. The molecule has 2 aromatic carbocycles. The summed E-state index contributed by atoms with van der Waals surface area (Å²) in [7, 11) is 0. The van der Waals surface area contributed by atoms with Crippen LogP contribution in [0.25, 0.3) is 16.9 Å². The zero-order valence-corrected chi connectivity index (χ0v) is 16.8. The highest BCUT2D eigenvalue weighted by molar-refractivity contribution is 7.99. The van der Waals surface area contributed by atoms with Crippen LogP contribution in [0, 0.1) is 11.3 Å². The third-order valence-corrected chi connectivity index (χ3v) is 6.06. The van der Waals surface area contributed by atoms with Gasteiger partial charge in [-0.2, -0.15) is 5.26 Å². The number of nitrogens with zero attached hydrogens (tertiary/aromatic N) is 5. The Balaban J connectivity index is 1.47. The second kappa shape index (κ2) is 8.82. The molecule has 6 nitrogen and oxygen atoms in total. The molecule has 8 heteroatoms. The van der Waals surface area contributed by atoms with E-state index >= 15 is 0 Å². The molecule has 0 aliphatic carbocycles. The number of thiazole rings is 1. The lowest BCUT2D eigenvalue weighted by Crippen LogP contribution is -2.13. The number of para-hydroxylation sites is 1. The van der Waals surface area contributed by atoms with E-state index in [4.69, 9.17) is 0 Å². The summed E-state index contributed by atoms with van der Waals surface area (Å²) in [6.45, 7) is 0. The maximum atomic E-state index is 12.7. The van der Waals surface area contributed by atoms with Gasteiger partial charge < -0.3 is 0 Å². The topological polar surface area (TPSA) is 84.5 Å². The van der Waals surface area contributed by atoms with Crippen LogP contribution < -0.4 is 0 Å². The van der Waals surface area contributed by atoms with Gasteiger partial charge in [0.1, 0.15) is 11.3 Å². The Morgan fingerprint density at radius 1 is 1.14 bits per heavy atom. The van der Waals surface area contributed by atoms with E-state index in [0.717, 1.165) is 16.9 Å². The molecule has 0 amide bonds. The lowest BCUT2D eigenvalue weighted by Gasteiger charge is -2.07. The molecule has 4 aromatic rings. The summed E-state index contributed by atoms with van der Waals surface area (Å²) in [4.78, 5) is 17.2. The molecule has 0 saturated heterocycles. The van der Waals surface area contributed by atoms with Gasteiger partial charge in [-0.1, -0.05) is 60.3 Å². The Kier molecular flexibility index (Phi) is 5.79. The van der Waals surface area contributed by atoms with E-state index in [1.54, 1.807) is 6.33 Å². The first-order valence-corrected chi connectivity index (χ1v) is 10.6. The van der Waals surface area contributed by atoms with Crippen molar-refractivity contribution in [1.82, 2.24) is 19.7 Å². The van der Waals surface area contributed by atoms with E-state index in [1.807, 2.05) is 70.6 Å². The monoisotopic (exact) mass is 417 g/mol. The van der Waals surface area contributed by atoms with E-state index in [-0.39, 0.29) is 11.5 Å². The maximum absolute atomic E-state index is 12.7. The first kappa shape index (κ1) is 19.1. The van der Waals surface area contributed by atoms with Crippen LogP contribution in [0.3, 0.4) is 0 Å². The van der Waals surface area contributed by atoms with Crippen molar-refractivity contribution in [1.29, 1.82) is 5.26 Å². The molecular formula is C21H15N5OS2. The highest BCUT2D eigenvalue weighted by atomic mass is 32.2. The second-order valence-corrected chi connectivity index (χ2v) is 7.91. The van der Waals surface area contributed by atoms with Crippen LogP contribution in [0.5, 0.6) is 0 Å². The van der Waals surface area contributed by atoms with Gasteiger partial charge >= 0.3 is 0 Å². The maximum Gasteiger partial charge on any atom is 0.196 e. The number of rotatable bonds is 7. The number of hydrogen-bond donors (Lipinski definition) is 0. The number of Topliss-reactive ketones (excluding diaryl/α,β-unsaturated/α-hetero) is 1. The molecule has 4 rings (SSSR count). The lowest BCUT2D eigenvalue weighted by atomic mass is 10.1. The molecule has 142 valence electrons. The van der Waals surface area contributed by atoms with Crippen molar-refractivity contribution in [2.45, 2.75) is 11.1 Å². The van der Waals surface area contributed by atoms with E-state index in [1.165, 1.54) is 23.1 Å². The average Bonchev–Trinajstić information content (AvgIpc) is 3.44. The zero-order chi connectivity index (χ0) is 20.1. The van der Waals surface area contributed by atoms with Gasteiger partial charge in [-0.15, -0.1) is 21.5 Å². The highest BCUT2D eigenvalue weighted by Gasteiger charge is 2.24. The molecule has 0 N–H and O–H groups in total. The summed E-state index contributed by atoms with van der Waals surface area (Å²) >= 11 is 2.60. The highest BCUT2D eigenvalue weighted by Crippen LogP contribution is 2.28. The number of thioether (sulfide) groups is 1. The van der Waals surface area contributed by atoms with Crippen molar-refractivity contribution in [3.05, 3.63) is 77.4 Å². The smallest absolute Gasteiger partial charge is 0.196 e. The van der Waals surface area contributed by atoms with Crippen molar-refractivity contribution in [2.75, 3.05) is 5.75 Å². The summed E-state index contributed by atoms with van der Waals surface area (Å²) in [6.07, 6.45) is 1.61. The third-order valence-electron chi connectivity index (χ3n) is 4.18. The Morgan fingerprint density at radius 3 is 2.59 bits per heavy atom. The predicted molar refractivity (Wildman–Crippen MR) is 113 cm³/mol. The summed E-state index contributed by atoms with van der Waals surface area (Å²) in [5.74, 6) is -0.976. The number of nitriles is 1. The number of benzene rings is 2. The van der Waals surface area contributed by atoms with E-state index in [2.05, 4.69) is 21.3 Å². The van der Waals surface area contributed by atoms with Crippen molar-refractivity contribution >= 4 is 28.9 Å². The van der Waals surface area contributed by atoms with Gasteiger partial charge in [0, 0.05) is 16.6 Å². The predicted octanol–water partition coefficient (Wildman–Crippen LogP) is 4.36. The molecule has 0 aliphatic heterocycles. The van der Waals surface area contributed by atoms with Crippen LogP contribution >= 0.6 is 23.1 Å². The normalized spacial score (nSPS) is 11.7. The summed E-state index contributed by atoms with van der Waals surface area (Å²) in [5, 5.41) is 20.6. The molecular weight excluding hydrogens is 402 g/mol. The van der Waals surface area contributed by atoms with Gasteiger partial charge in [0.05, 0.1) is 17.5 Å². The van der Waals surface area contributed by atoms with Crippen LogP contribution in [0.2, 0.25) is 0 Å². The molecule has 2 aromatic heterocycles. The largest absolute Gasteiger partial charge is 0.297 e. The van der Waals surface area contributed by atoms with Gasteiger partial charge in [-0.25, -0.2) is 4.98 Å². The minimum atomic E-state index is -0.891. The first-order chi connectivity index (χ1) is 14.3. The average molecular weight is 418 g/mol. The van der Waals surface area contributed by atoms with Crippen molar-refractivity contribution < 1.29 is 4.79 Å². The van der Waals surface area contributed by atoms with Crippen LogP contribution in [0.1, 0.15) is 10.9 Å². The van der Waals surface area contributed by atoms with Crippen LogP contribution in [0.15, 0.2) is 77.5 Å². The number of hydrogen-bond acceptors (Lipinski definition) is 7. The van der Waals surface area contributed by atoms with Crippen LogP contribution in [-0.4, -0.2) is 31.3 Å². The molecule has 0 saturated carbocycles. The molecule has 1 atom stereocenters. The summed E-state index contributed by atoms with van der Waals surface area (Å²) < 4.78 is 1.82. The summed E-state index contributed by atoms with van der Waals surface area (Å²) in [6, 6.07) is 21.5. The SMILES string of the molecule is N#C[C@H](C(=O)CSc1nncn1-c1ccccc1)c1nc(-c2ccccc2)cs1.